The van der Waals surface area contributed by atoms with Crippen molar-refractivity contribution in [2.24, 2.45) is 5.92 Å². The molecule has 0 heterocycles. The Morgan fingerprint density at radius 3 is 2.65 bits per heavy atom. The Labute approximate surface area is 103 Å². The second-order valence-corrected chi connectivity index (χ2v) is 4.45. The van der Waals surface area contributed by atoms with E-state index in [9.17, 15) is 4.39 Å². The fourth-order valence-electron chi connectivity index (χ4n) is 1.98. The van der Waals surface area contributed by atoms with Crippen LogP contribution in [0.25, 0.3) is 0 Å². The molecule has 96 valence electrons. The normalized spacial score (nSPS) is 14.4. The predicted molar refractivity (Wildman–Crippen MR) is 68.8 cm³/mol. The lowest BCUT2D eigenvalue weighted by Crippen LogP contribution is -2.21. The van der Waals surface area contributed by atoms with Crippen LogP contribution < -0.4 is 10.1 Å². The van der Waals surface area contributed by atoms with Crippen molar-refractivity contribution in [3.8, 4) is 5.75 Å². The number of halogens is 1. The summed E-state index contributed by atoms with van der Waals surface area (Å²) in [5, 5.41) is 3.18. The summed E-state index contributed by atoms with van der Waals surface area (Å²) in [4.78, 5) is 0. The van der Waals surface area contributed by atoms with Crippen LogP contribution in [-0.4, -0.2) is 14.2 Å². The summed E-state index contributed by atoms with van der Waals surface area (Å²) in [6, 6.07) is 4.97. The van der Waals surface area contributed by atoms with Gasteiger partial charge in [-0.3, -0.25) is 0 Å². The maximum absolute atomic E-state index is 13.9. The van der Waals surface area contributed by atoms with Crippen LogP contribution in [0.5, 0.6) is 5.75 Å². The van der Waals surface area contributed by atoms with Crippen LogP contribution in [0.2, 0.25) is 0 Å². The average Bonchev–Trinajstić information content (AvgIpc) is 2.35. The smallest absolute Gasteiger partial charge is 0.131 e. The van der Waals surface area contributed by atoms with Crippen molar-refractivity contribution in [1.82, 2.24) is 5.32 Å². The molecule has 2 nitrogen and oxygen atoms in total. The zero-order valence-corrected chi connectivity index (χ0v) is 11.1. The molecule has 2 atom stereocenters. The summed E-state index contributed by atoms with van der Waals surface area (Å²) >= 11 is 0. The first-order valence-electron chi connectivity index (χ1n) is 6.13. The quantitative estimate of drug-likeness (QED) is 0.820. The summed E-state index contributed by atoms with van der Waals surface area (Å²) in [6.45, 7) is 4.33. The van der Waals surface area contributed by atoms with Crippen LogP contribution in [0, 0.1) is 11.7 Å². The second kappa shape index (κ2) is 6.60. The lowest BCUT2D eigenvalue weighted by atomic mass is 9.93. The van der Waals surface area contributed by atoms with E-state index in [2.05, 4.69) is 19.2 Å². The number of hydrogen-bond donors (Lipinski definition) is 1. The molecule has 0 fully saturated rings. The van der Waals surface area contributed by atoms with Gasteiger partial charge in [-0.1, -0.05) is 26.3 Å². The van der Waals surface area contributed by atoms with E-state index in [0.717, 1.165) is 12.8 Å². The zero-order valence-electron chi connectivity index (χ0n) is 11.1. The van der Waals surface area contributed by atoms with E-state index >= 15 is 0 Å². The fourth-order valence-corrected chi connectivity index (χ4v) is 1.98. The van der Waals surface area contributed by atoms with Crippen LogP contribution in [0.15, 0.2) is 18.2 Å². The van der Waals surface area contributed by atoms with Gasteiger partial charge in [0.1, 0.15) is 11.6 Å². The van der Waals surface area contributed by atoms with E-state index in [1.54, 1.807) is 19.2 Å². The molecule has 0 saturated heterocycles. The molecule has 1 aromatic rings. The van der Waals surface area contributed by atoms with E-state index in [1.165, 1.54) is 6.07 Å². The molecule has 0 bridgehead atoms. The van der Waals surface area contributed by atoms with Crippen LogP contribution in [0.1, 0.15) is 38.3 Å². The molecule has 1 aromatic carbocycles. The third-order valence-electron chi connectivity index (χ3n) is 3.26. The molecule has 0 amide bonds. The molecular formula is C14H22FNO. The third kappa shape index (κ3) is 3.43. The second-order valence-electron chi connectivity index (χ2n) is 4.45. The molecule has 0 aliphatic rings. The number of hydrogen-bond acceptors (Lipinski definition) is 2. The maximum atomic E-state index is 13.9. The molecule has 0 spiro atoms. The van der Waals surface area contributed by atoms with Gasteiger partial charge in [0.15, 0.2) is 0 Å². The van der Waals surface area contributed by atoms with Crippen molar-refractivity contribution in [3.05, 3.63) is 29.6 Å². The van der Waals surface area contributed by atoms with E-state index in [1.807, 2.05) is 7.05 Å². The van der Waals surface area contributed by atoms with Gasteiger partial charge in [-0.2, -0.15) is 0 Å². The molecular weight excluding hydrogens is 217 g/mol. The SMILES string of the molecule is CCC(C)CC(NC)c1c(F)cccc1OC. The van der Waals surface area contributed by atoms with Crippen molar-refractivity contribution in [3.63, 3.8) is 0 Å². The van der Waals surface area contributed by atoms with Gasteiger partial charge in [0, 0.05) is 11.6 Å². The monoisotopic (exact) mass is 239 g/mol. The van der Waals surface area contributed by atoms with Gasteiger partial charge in [0.05, 0.1) is 7.11 Å². The Balaban J connectivity index is 3.02. The largest absolute Gasteiger partial charge is 0.496 e. The highest BCUT2D eigenvalue weighted by molar-refractivity contribution is 5.37. The van der Waals surface area contributed by atoms with Gasteiger partial charge >= 0.3 is 0 Å². The highest BCUT2D eigenvalue weighted by atomic mass is 19.1. The van der Waals surface area contributed by atoms with Crippen molar-refractivity contribution < 1.29 is 9.13 Å². The molecule has 0 saturated carbocycles. The van der Waals surface area contributed by atoms with Crippen LogP contribution >= 0.6 is 0 Å². The van der Waals surface area contributed by atoms with E-state index < -0.39 is 0 Å². The van der Waals surface area contributed by atoms with Crippen molar-refractivity contribution in [2.75, 3.05) is 14.2 Å². The molecule has 17 heavy (non-hydrogen) atoms. The summed E-state index contributed by atoms with van der Waals surface area (Å²) in [6.07, 6.45) is 2.00. The van der Waals surface area contributed by atoms with Gasteiger partial charge in [-0.15, -0.1) is 0 Å². The highest BCUT2D eigenvalue weighted by Crippen LogP contribution is 2.32. The molecule has 0 aromatic heterocycles. The summed E-state index contributed by atoms with van der Waals surface area (Å²) in [5.74, 6) is 0.969. The molecule has 0 aliphatic carbocycles. The minimum absolute atomic E-state index is 0.00102. The molecule has 0 aliphatic heterocycles. The number of benzene rings is 1. The molecule has 1 N–H and O–H groups in total. The van der Waals surface area contributed by atoms with Crippen molar-refractivity contribution >= 4 is 0 Å². The van der Waals surface area contributed by atoms with E-state index in [-0.39, 0.29) is 11.9 Å². The van der Waals surface area contributed by atoms with Crippen LogP contribution in [0.4, 0.5) is 4.39 Å². The number of ether oxygens (including phenoxy) is 1. The maximum Gasteiger partial charge on any atom is 0.131 e. The number of rotatable bonds is 6. The third-order valence-corrected chi connectivity index (χ3v) is 3.26. The van der Waals surface area contributed by atoms with E-state index in [0.29, 0.717) is 17.2 Å². The summed E-state index contributed by atoms with van der Waals surface area (Å²) in [5.41, 5.74) is 0.637. The molecule has 0 radical (unpaired) electrons. The Hall–Kier alpha value is -1.09. The van der Waals surface area contributed by atoms with Crippen LogP contribution in [0.3, 0.4) is 0 Å². The Morgan fingerprint density at radius 1 is 1.41 bits per heavy atom. The lowest BCUT2D eigenvalue weighted by molar-refractivity contribution is 0.370. The standard InChI is InChI=1S/C14H22FNO/c1-5-10(2)9-12(16-3)14-11(15)7-6-8-13(14)17-4/h6-8,10,12,16H,5,9H2,1-4H3. The van der Waals surface area contributed by atoms with Crippen molar-refractivity contribution in [2.45, 2.75) is 32.7 Å². The van der Waals surface area contributed by atoms with Crippen molar-refractivity contribution in [1.29, 1.82) is 0 Å². The van der Waals surface area contributed by atoms with E-state index in [4.69, 9.17) is 4.74 Å². The van der Waals surface area contributed by atoms with Gasteiger partial charge in [-0.05, 0) is 31.5 Å². The number of methoxy groups -OCH3 is 1. The molecule has 2 unspecified atom stereocenters. The summed E-state index contributed by atoms with van der Waals surface area (Å²) in [7, 11) is 3.44. The van der Waals surface area contributed by atoms with Gasteiger partial charge < -0.3 is 10.1 Å². The van der Waals surface area contributed by atoms with Gasteiger partial charge in [-0.25, -0.2) is 4.39 Å². The molecule has 1 rings (SSSR count). The van der Waals surface area contributed by atoms with Crippen LogP contribution in [-0.2, 0) is 0 Å². The Bertz CT molecular complexity index is 354. The minimum Gasteiger partial charge on any atom is -0.496 e. The highest BCUT2D eigenvalue weighted by Gasteiger charge is 2.20. The Morgan fingerprint density at radius 2 is 2.12 bits per heavy atom. The number of nitrogens with one attached hydrogen (secondary N) is 1. The average molecular weight is 239 g/mol. The van der Waals surface area contributed by atoms with Gasteiger partial charge in [0.2, 0.25) is 0 Å². The summed E-state index contributed by atoms with van der Waals surface area (Å²) < 4.78 is 19.2. The topological polar surface area (TPSA) is 21.3 Å². The first-order chi connectivity index (χ1) is 8.13. The lowest BCUT2D eigenvalue weighted by Gasteiger charge is -2.22. The zero-order chi connectivity index (χ0) is 12.8. The minimum atomic E-state index is -0.202. The molecule has 3 heteroatoms. The fraction of sp³-hybridized carbons (Fsp3) is 0.571. The first-order valence-corrected chi connectivity index (χ1v) is 6.13. The Kier molecular flexibility index (Phi) is 5.42. The predicted octanol–water partition coefficient (Wildman–Crippen LogP) is 3.53. The first kappa shape index (κ1) is 14.0. The van der Waals surface area contributed by atoms with Gasteiger partial charge in [0.25, 0.3) is 0 Å².